The van der Waals surface area contributed by atoms with E-state index in [9.17, 15) is 4.79 Å². The first kappa shape index (κ1) is 19.3. The minimum atomic E-state index is -0.0736. The molecule has 1 amide bonds. The van der Waals surface area contributed by atoms with E-state index in [1.807, 2.05) is 63.2 Å². The normalized spacial score (nSPS) is 10.4. The Kier molecular flexibility index (Phi) is 6.16. The number of benzene rings is 1. The first-order valence-corrected chi connectivity index (χ1v) is 9.14. The van der Waals surface area contributed by atoms with Crippen LogP contribution in [0.1, 0.15) is 27.0 Å². The maximum absolute atomic E-state index is 12.2. The molecule has 2 aromatic heterocycles. The van der Waals surface area contributed by atoms with Crippen molar-refractivity contribution in [3.8, 4) is 0 Å². The molecule has 0 bridgehead atoms. The van der Waals surface area contributed by atoms with Gasteiger partial charge in [0, 0.05) is 24.8 Å². The van der Waals surface area contributed by atoms with E-state index in [-0.39, 0.29) is 5.91 Å². The Balaban J connectivity index is 1.44. The van der Waals surface area contributed by atoms with E-state index in [0.29, 0.717) is 30.3 Å². The summed E-state index contributed by atoms with van der Waals surface area (Å²) in [6, 6.07) is 13.3. The van der Waals surface area contributed by atoms with E-state index in [4.69, 9.17) is 0 Å². The lowest BCUT2D eigenvalue weighted by atomic mass is 10.1. The fraction of sp³-hybridized carbons (Fsp3) is 0.238. The quantitative estimate of drug-likeness (QED) is 0.548. The molecule has 3 rings (SSSR count). The molecule has 7 heteroatoms. The van der Waals surface area contributed by atoms with Crippen LogP contribution in [0.25, 0.3) is 0 Å². The lowest BCUT2D eigenvalue weighted by Gasteiger charge is -2.10. The van der Waals surface area contributed by atoms with Crippen molar-refractivity contribution in [2.24, 2.45) is 0 Å². The summed E-state index contributed by atoms with van der Waals surface area (Å²) in [6.45, 7) is 6.98. The van der Waals surface area contributed by atoms with Gasteiger partial charge >= 0.3 is 0 Å². The standard InChI is InChI=1S/C21H24N6O/c1-14-4-6-17(16(3)12-14)21(28)23-11-10-22-19-8-9-20(27-26-19)25-18-7-5-15(2)13-24-18/h4-9,12-13H,10-11H2,1-3H3,(H,22,26)(H,23,28)(H,24,25,27). The number of aromatic nitrogens is 3. The van der Waals surface area contributed by atoms with Crippen molar-refractivity contribution in [1.29, 1.82) is 0 Å². The zero-order valence-electron chi connectivity index (χ0n) is 16.3. The molecule has 3 N–H and O–H groups in total. The van der Waals surface area contributed by atoms with Gasteiger partial charge in [-0.1, -0.05) is 23.8 Å². The average Bonchev–Trinajstić information content (AvgIpc) is 2.68. The van der Waals surface area contributed by atoms with Gasteiger partial charge < -0.3 is 16.0 Å². The summed E-state index contributed by atoms with van der Waals surface area (Å²) in [6.07, 6.45) is 1.79. The third-order valence-corrected chi connectivity index (χ3v) is 4.18. The minimum Gasteiger partial charge on any atom is -0.367 e. The maximum Gasteiger partial charge on any atom is 0.251 e. The van der Waals surface area contributed by atoms with Gasteiger partial charge in [0.1, 0.15) is 11.6 Å². The third kappa shape index (κ3) is 5.26. The van der Waals surface area contributed by atoms with E-state index in [1.54, 1.807) is 6.20 Å². The Hall–Kier alpha value is -3.48. The SMILES string of the molecule is Cc1ccc(Nc2ccc(NCCNC(=O)c3ccc(C)cc3C)nn2)nc1. The van der Waals surface area contributed by atoms with Gasteiger partial charge in [0.05, 0.1) is 0 Å². The predicted octanol–water partition coefficient (Wildman–Crippen LogP) is 3.38. The molecule has 144 valence electrons. The summed E-state index contributed by atoms with van der Waals surface area (Å²) < 4.78 is 0. The predicted molar refractivity (Wildman–Crippen MR) is 111 cm³/mol. The van der Waals surface area contributed by atoms with Crippen LogP contribution in [0, 0.1) is 20.8 Å². The van der Waals surface area contributed by atoms with Gasteiger partial charge in [-0.05, 0) is 56.2 Å². The number of carbonyl (C=O) groups excluding carboxylic acids is 1. The van der Waals surface area contributed by atoms with Crippen LogP contribution >= 0.6 is 0 Å². The summed E-state index contributed by atoms with van der Waals surface area (Å²) in [5.74, 6) is 1.90. The molecule has 0 radical (unpaired) electrons. The Morgan fingerprint density at radius 2 is 1.57 bits per heavy atom. The second-order valence-corrected chi connectivity index (χ2v) is 6.65. The number of nitrogens with zero attached hydrogens (tertiary/aromatic N) is 3. The first-order chi connectivity index (χ1) is 13.5. The largest absolute Gasteiger partial charge is 0.367 e. The van der Waals surface area contributed by atoms with E-state index in [0.717, 1.165) is 22.5 Å². The molecule has 7 nitrogen and oxygen atoms in total. The van der Waals surface area contributed by atoms with Gasteiger partial charge in [0.15, 0.2) is 5.82 Å². The van der Waals surface area contributed by atoms with Gasteiger partial charge in [0.25, 0.3) is 5.91 Å². The number of hydrogen-bond donors (Lipinski definition) is 3. The van der Waals surface area contributed by atoms with Crippen molar-refractivity contribution in [3.63, 3.8) is 0 Å². The summed E-state index contributed by atoms with van der Waals surface area (Å²) >= 11 is 0. The summed E-state index contributed by atoms with van der Waals surface area (Å²) in [5.41, 5.74) is 3.92. The van der Waals surface area contributed by atoms with Crippen LogP contribution in [-0.2, 0) is 0 Å². The van der Waals surface area contributed by atoms with Crippen molar-refractivity contribution >= 4 is 23.4 Å². The molecular weight excluding hydrogens is 352 g/mol. The monoisotopic (exact) mass is 376 g/mol. The zero-order valence-corrected chi connectivity index (χ0v) is 16.3. The Bertz CT molecular complexity index is 938. The maximum atomic E-state index is 12.2. The number of nitrogens with one attached hydrogen (secondary N) is 3. The second kappa shape index (κ2) is 8.94. The number of hydrogen-bond acceptors (Lipinski definition) is 6. The highest BCUT2D eigenvalue weighted by molar-refractivity contribution is 5.95. The highest BCUT2D eigenvalue weighted by Gasteiger charge is 2.08. The van der Waals surface area contributed by atoms with Gasteiger partial charge in [-0.15, -0.1) is 10.2 Å². The van der Waals surface area contributed by atoms with E-state index < -0.39 is 0 Å². The molecule has 3 aromatic rings. The zero-order chi connectivity index (χ0) is 19.9. The van der Waals surface area contributed by atoms with Crippen LogP contribution in [0.4, 0.5) is 17.5 Å². The fourth-order valence-electron chi connectivity index (χ4n) is 2.70. The fourth-order valence-corrected chi connectivity index (χ4v) is 2.70. The van der Waals surface area contributed by atoms with Crippen LogP contribution in [0.3, 0.4) is 0 Å². The highest BCUT2D eigenvalue weighted by Crippen LogP contribution is 2.13. The van der Waals surface area contributed by atoms with Gasteiger partial charge in [0.2, 0.25) is 0 Å². The first-order valence-electron chi connectivity index (χ1n) is 9.14. The second-order valence-electron chi connectivity index (χ2n) is 6.65. The Labute approximate surface area is 164 Å². The van der Waals surface area contributed by atoms with Crippen LogP contribution < -0.4 is 16.0 Å². The number of anilines is 3. The average molecular weight is 376 g/mol. The Morgan fingerprint density at radius 3 is 2.25 bits per heavy atom. The molecule has 1 aromatic carbocycles. The smallest absolute Gasteiger partial charge is 0.251 e. The van der Waals surface area contributed by atoms with Crippen molar-refractivity contribution < 1.29 is 4.79 Å². The summed E-state index contributed by atoms with van der Waals surface area (Å²) in [4.78, 5) is 16.5. The van der Waals surface area contributed by atoms with Crippen molar-refractivity contribution in [2.75, 3.05) is 23.7 Å². The van der Waals surface area contributed by atoms with Gasteiger partial charge in [-0.3, -0.25) is 4.79 Å². The van der Waals surface area contributed by atoms with Crippen LogP contribution in [0.5, 0.6) is 0 Å². The number of carbonyl (C=O) groups is 1. The molecule has 0 aliphatic heterocycles. The lowest BCUT2D eigenvalue weighted by molar-refractivity contribution is 0.0954. The molecule has 0 spiro atoms. The lowest BCUT2D eigenvalue weighted by Crippen LogP contribution is -2.29. The van der Waals surface area contributed by atoms with Crippen LogP contribution in [0.2, 0.25) is 0 Å². The summed E-state index contributed by atoms with van der Waals surface area (Å²) in [7, 11) is 0. The molecule has 0 atom stereocenters. The molecule has 2 heterocycles. The van der Waals surface area contributed by atoms with E-state index in [1.165, 1.54) is 0 Å². The number of pyridine rings is 1. The number of amides is 1. The molecule has 0 aliphatic rings. The van der Waals surface area contributed by atoms with Gasteiger partial charge in [-0.2, -0.15) is 0 Å². The van der Waals surface area contributed by atoms with Gasteiger partial charge in [-0.25, -0.2) is 4.98 Å². The van der Waals surface area contributed by atoms with Crippen LogP contribution in [-0.4, -0.2) is 34.2 Å². The van der Waals surface area contributed by atoms with Crippen molar-refractivity contribution in [1.82, 2.24) is 20.5 Å². The topological polar surface area (TPSA) is 91.8 Å². The summed E-state index contributed by atoms with van der Waals surface area (Å²) in [5, 5.41) is 17.4. The minimum absolute atomic E-state index is 0.0736. The number of rotatable bonds is 7. The number of aryl methyl sites for hydroxylation is 3. The molecule has 28 heavy (non-hydrogen) atoms. The Morgan fingerprint density at radius 1 is 0.857 bits per heavy atom. The third-order valence-electron chi connectivity index (χ3n) is 4.18. The molecule has 0 unspecified atom stereocenters. The molecule has 0 saturated heterocycles. The molecule has 0 fully saturated rings. The van der Waals surface area contributed by atoms with E-state index >= 15 is 0 Å². The molecular formula is C21H24N6O. The van der Waals surface area contributed by atoms with E-state index in [2.05, 4.69) is 31.1 Å². The van der Waals surface area contributed by atoms with Crippen molar-refractivity contribution in [2.45, 2.75) is 20.8 Å². The highest BCUT2D eigenvalue weighted by atomic mass is 16.1. The van der Waals surface area contributed by atoms with Crippen molar-refractivity contribution in [3.05, 3.63) is 70.9 Å². The molecule has 0 aliphatic carbocycles. The van der Waals surface area contributed by atoms with Crippen LogP contribution in [0.15, 0.2) is 48.7 Å². The molecule has 0 saturated carbocycles.